The molecule has 1 aromatic carbocycles. The van der Waals surface area contributed by atoms with Gasteiger partial charge >= 0.3 is 0 Å². The molecule has 17 heavy (non-hydrogen) atoms. The van der Waals surface area contributed by atoms with Crippen molar-refractivity contribution in [2.45, 2.75) is 26.2 Å². The molecule has 1 unspecified atom stereocenters. The topological polar surface area (TPSA) is 39.2 Å². The van der Waals surface area contributed by atoms with Gasteiger partial charge in [0.25, 0.3) is 0 Å². The molecule has 1 atom stereocenters. The van der Waals surface area contributed by atoms with E-state index in [-0.39, 0.29) is 0 Å². The minimum atomic E-state index is 0.388. The van der Waals surface area contributed by atoms with Gasteiger partial charge in [0, 0.05) is 11.5 Å². The summed E-state index contributed by atoms with van der Waals surface area (Å²) >= 11 is 0. The second-order valence-electron chi connectivity index (χ2n) is 4.55. The lowest BCUT2D eigenvalue weighted by atomic mass is 10.1. The number of furan rings is 1. The minimum Gasteiger partial charge on any atom is -0.461 e. The Morgan fingerprint density at radius 1 is 1.12 bits per heavy atom. The van der Waals surface area contributed by atoms with Crippen LogP contribution in [0.25, 0.3) is 11.3 Å². The zero-order valence-corrected chi connectivity index (χ0v) is 10.4. The van der Waals surface area contributed by atoms with Crippen LogP contribution in [0, 0.1) is 6.92 Å². The normalized spacial score (nSPS) is 12.6. The second-order valence-corrected chi connectivity index (χ2v) is 4.55. The first-order valence-corrected chi connectivity index (χ1v) is 6.07. The predicted octanol–water partition coefficient (Wildman–Crippen LogP) is 3.71. The van der Waals surface area contributed by atoms with Gasteiger partial charge in [-0.1, -0.05) is 36.8 Å². The van der Waals surface area contributed by atoms with Crippen molar-refractivity contribution in [3.8, 4) is 11.3 Å². The predicted molar refractivity (Wildman–Crippen MR) is 71.0 cm³/mol. The Balaban J connectivity index is 2.20. The Morgan fingerprint density at radius 3 is 2.47 bits per heavy atom. The maximum atomic E-state index is 5.87. The highest BCUT2D eigenvalue weighted by atomic mass is 16.3. The molecular formula is C15H19NO. The van der Waals surface area contributed by atoms with Crippen molar-refractivity contribution in [3.05, 3.63) is 47.7 Å². The van der Waals surface area contributed by atoms with Gasteiger partial charge in [-0.2, -0.15) is 0 Å². The van der Waals surface area contributed by atoms with Gasteiger partial charge < -0.3 is 10.2 Å². The van der Waals surface area contributed by atoms with Crippen LogP contribution in [0.5, 0.6) is 0 Å². The molecule has 2 nitrogen and oxygen atoms in total. The average Bonchev–Trinajstić information content (AvgIpc) is 2.80. The van der Waals surface area contributed by atoms with E-state index >= 15 is 0 Å². The van der Waals surface area contributed by atoms with Gasteiger partial charge in [0.15, 0.2) is 0 Å². The summed E-state index contributed by atoms with van der Waals surface area (Å²) in [6, 6.07) is 12.5. The van der Waals surface area contributed by atoms with Crippen LogP contribution < -0.4 is 5.73 Å². The van der Waals surface area contributed by atoms with Crippen LogP contribution in [0.4, 0.5) is 0 Å². The Kier molecular flexibility index (Phi) is 3.64. The number of benzene rings is 1. The van der Waals surface area contributed by atoms with Crippen molar-refractivity contribution in [2.75, 3.05) is 6.54 Å². The molecule has 2 heteroatoms. The van der Waals surface area contributed by atoms with E-state index in [2.05, 4.69) is 44.2 Å². The number of rotatable bonds is 4. The van der Waals surface area contributed by atoms with Crippen LogP contribution in [0.3, 0.4) is 0 Å². The lowest BCUT2D eigenvalue weighted by molar-refractivity contribution is 0.474. The lowest BCUT2D eigenvalue weighted by Crippen LogP contribution is -2.03. The number of nitrogens with two attached hydrogens (primary N) is 1. The van der Waals surface area contributed by atoms with E-state index in [9.17, 15) is 0 Å². The fraction of sp³-hybridized carbons (Fsp3) is 0.333. The Morgan fingerprint density at radius 2 is 1.82 bits per heavy atom. The summed E-state index contributed by atoms with van der Waals surface area (Å²) in [7, 11) is 0. The maximum absolute atomic E-state index is 5.87. The molecule has 0 saturated carbocycles. The van der Waals surface area contributed by atoms with E-state index < -0.39 is 0 Å². The minimum absolute atomic E-state index is 0.388. The number of hydrogen-bond acceptors (Lipinski definition) is 2. The van der Waals surface area contributed by atoms with Crippen LogP contribution in [0.2, 0.25) is 0 Å². The van der Waals surface area contributed by atoms with Crippen molar-refractivity contribution in [1.29, 1.82) is 0 Å². The molecule has 1 aromatic heterocycles. The largest absolute Gasteiger partial charge is 0.461 e. The molecule has 2 aromatic rings. The molecular weight excluding hydrogens is 210 g/mol. The summed E-state index contributed by atoms with van der Waals surface area (Å²) in [6.07, 6.45) is 0.959. The van der Waals surface area contributed by atoms with Crippen LogP contribution >= 0.6 is 0 Å². The fourth-order valence-electron chi connectivity index (χ4n) is 1.88. The molecule has 2 N–H and O–H groups in total. The van der Waals surface area contributed by atoms with E-state index in [0.29, 0.717) is 12.5 Å². The van der Waals surface area contributed by atoms with Crippen LogP contribution in [-0.2, 0) is 0 Å². The molecule has 90 valence electrons. The quantitative estimate of drug-likeness (QED) is 0.868. The third-order valence-electron chi connectivity index (χ3n) is 3.05. The summed E-state index contributed by atoms with van der Waals surface area (Å²) in [5.74, 6) is 2.34. The summed E-state index contributed by atoms with van der Waals surface area (Å²) in [4.78, 5) is 0. The molecule has 1 heterocycles. The highest BCUT2D eigenvalue weighted by molar-refractivity contribution is 5.57. The zero-order chi connectivity index (χ0) is 12.3. The second kappa shape index (κ2) is 5.19. The number of aryl methyl sites for hydroxylation is 1. The van der Waals surface area contributed by atoms with Crippen LogP contribution in [-0.4, -0.2) is 6.54 Å². The first kappa shape index (κ1) is 11.9. The fourth-order valence-corrected chi connectivity index (χ4v) is 1.88. The van der Waals surface area contributed by atoms with Crippen LogP contribution in [0.15, 0.2) is 40.8 Å². The molecule has 2 rings (SSSR count). The van der Waals surface area contributed by atoms with Crippen LogP contribution in [0.1, 0.15) is 30.6 Å². The smallest absolute Gasteiger partial charge is 0.134 e. The molecule has 0 saturated heterocycles. The van der Waals surface area contributed by atoms with Crippen molar-refractivity contribution >= 4 is 0 Å². The average molecular weight is 229 g/mol. The maximum Gasteiger partial charge on any atom is 0.134 e. The van der Waals surface area contributed by atoms with Crippen molar-refractivity contribution in [2.24, 2.45) is 5.73 Å². The molecule has 0 fully saturated rings. The summed E-state index contributed by atoms with van der Waals surface area (Å²) < 4.78 is 5.87. The van der Waals surface area contributed by atoms with Gasteiger partial charge in [-0.3, -0.25) is 0 Å². The molecule has 0 aliphatic carbocycles. The Hall–Kier alpha value is -1.54. The first-order valence-electron chi connectivity index (χ1n) is 6.07. The van der Waals surface area contributed by atoms with E-state index in [4.69, 9.17) is 10.2 Å². The van der Waals surface area contributed by atoms with Gasteiger partial charge in [-0.15, -0.1) is 0 Å². The summed E-state index contributed by atoms with van der Waals surface area (Å²) in [5, 5.41) is 0. The van der Waals surface area contributed by atoms with Crippen molar-refractivity contribution < 1.29 is 4.42 Å². The molecule has 0 bridgehead atoms. The molecule has 0 spiro atoms. The monoisotopic (exact) mass is 229 g/mol. The Labute approximate surface area is 102 Å². The van der Waals surface area contributed by atoms with Gasteiger partial charge in [-0.25, -0.2) is 0 Å². The van der Waals surface area contributed by atoms with Gasteiger partial charge in [-0.05, 0) is 32.0 Å². The number of hydrogen-bond donors (Lipinski definition) is 1. The van der Waals surface area contributed by atoms with Crippen molar-refractivity contribution in [1.82, 2.24) is 0 Å². The highest BCUT2D eigenvalue weighted by Gasteiger charge is 2.10. The molecule has 0 amide bonds. The van der Waals surface area contributed by atoms with E-state index in [1.807, 2.05) is 6.07 Å². The zero-order valence-electron chi connectivity index (χ0n) is 10.4. The van der Waals surface area contributed by atoms with E-state index in [0.717, 1.165) is 23.5 Å². The molecule has 0 aliphatic rings. The van der Waals surface area contributed by atoms with E-state index in [1.165, 1.54) is 5.56 Å². The molecule has 0 radical (unpaired) electrons. The Bertz CT molecular complexity index is 470. The summed E-state index contributed by atoms with van der Waals surface area (Å²) in [6.45, 7) is 4.92. The third-order valence-corrected chi connectivity index (χ3v) is 3.05. The van der Waals surface area contributed by atoms with Gasteiger partial charge in [0.2, 0.25) is 0 Å². The first-order chi connectivity index (χ1) is 8.20. The highest BCUT2D eigenvalue weighted by Crippen LogP contribution is 2.27. The third kappa shape index (κ3) is 2.77. The lowest BCUT2D eigenvalue weighted by Gasteiger charge is -2.05. The molecule has 0 aliphatic heterocycles. The van der Waals surface area contributed by atoms with Gasteiger partial charge in [0.05, 0.1) is 0 Å². The van der Waals surface area contributed by atoms with E-state index in [1.54, 1.807) is 0 Å². The SMILES string of the molecule is Cc1ccc(-c2ccc(C(C)CCN)o2)cc1. The van der Waals surface area contributed by atoms with Crippen molar-refractivity contribution in [3.63, 3.8) is 0 Å². The standard InChI is InChI=1S/C15H19NO/c1-11-3-5-13(6-4-11)15-8-7-14(17-15)12(2)9-10-16/h3-8,12H,9-10,16H2,1-2H3. The van der Waals surface area contributed by atoms with Gasteiger partial charge in [0.1, 0.15) is 11.5 Å². The summed E-state index contributed by atoms with van der Waals surface area (Å²) in [5.41, 5.74) is 7.95.